The third-order valence-corrected chi connectivity index (χ3v) is 6.37. The van der Waals surface area contributed by atoms with E-state index in [2.05, 4.69) is 0 Å². The molecular formula is C18H18ClFN2O4S. The summed E-state index contributed by atoms with van der Waals surface area (Å²) in [6.45, 7) is 0.455. The number of rotatable bonds is 5. The molecule has 0 aromatic heterocycles. The van der Waals surface area contributed by atoms with Gasteiger partial charge in [0.2, 0.25) is 10.0 Å². The van der Waals surface area contributed by atoms with Gasteiger partial charge in [0.05, 0.1) is 0 Å². The molecule has 2 aromatic carbocycles. The van der Waals surface area contributed by atoms with E-state index in [1.54, 1.807) is 24.3 Å². The minimum atomic E-state index is -3.93. The predicted molar refractivity (Wildman–Crippen MR) is 98.7 cm³/mol. The van der Waals surface area contributed by atoms with Gasteiger partial charge in [0.25, 0.3) is 5.91 Å². The Balaban J connectivity index is 1.57. The second-order valence-electron chi connectivity index (χ2n) is 5.96. The van der Waals surface area contributed by atoms with Crippen molar-refractivity contribution in [1.82, 2.24) is 9.21 Å². The summed E-state index contributed by atoms with van der Waals surface area (Å²) >= 11 is 5.86. The smallest absolute Gasteiger partial charge is 0.260 e. The Morgan fingerprint density at radius 3 is 2.44 bits per heavy atom. The highest BCUT2D eigenvalue weighted by atomic mass is 35.5. The minimum Gasteiger partial charge on any atom is -0.484 e. The fourth-order valence-corrected chi connectivity index (χ4v) is 4.43. The molecule has 144 valence electrons. The number of carbonyl (C=O) groups is 1. The molecule has 1 aliphatic heterocycles. The molecule has 1 aliphatic rings. The Morgan fingerprint density at radius 1 is 1.07 bits per heavy atom. The van der Waals surface area contributed by atoms with E-state index in [1.807, 2.05) is 0 Å². The van der Waals surface area contributed by atoms with Crippen molar-refractivity contribution in [3.8, 4) is 5.75 Å². The van der Waals surface area contributed by atoms with Gasteiger partial charge in [-0.15, -0.1) is 0 Å². The molecule has 9 heteroatoms. The van der Waals surface area contributed by atoms with E-state index in [1.165, 1.54) is 27.4 Å². The molecule has 0 bridgehead atoms. The first-order valence-corrected chi connectivity index (χ1v) is 10.1. The molecule has 0 aliphatic carbocycles. The number of hydrogen-bond donors (Lipinski definition) is 0. The molecule has 3 rings (SSSR count). The molecule has 0 unspecified atom stereocenters. The van der Waals surface area contributed by atoms with Gasteiger partial charge in [0, 0.05) is 31.2 Å². The van der Waals surface area contributed by atoms with Gasteiger partial charge in [-0.05, 0) is 30.3 Å². The lowest BCUT2D eigenvalue weighted by atomic mass is 10.3. The van der Waals surface area contributed by atoms with Gasteiger partial charge in [0.15, 0.2) is 6.61 Å². The van der Waals surface area contributed by atoms with Gasteiger partial charge in [-0.2, -0.15) is 4.31 Å². The van der Waals surface area contributed by atoms with Gasteiger partial charge >= 0.3 is 0 Å². The number of amides is 1. The molecular weight excluding hydrogens is 395 g/mol. The van der Waals surface area contributed by atoms with Crippen LogP contribution < -0.4 is 4.74 Å². The van der Waals surface area contributed by atoms with Crippen molar-refractivity contribution in [1.29, 1.82) is 0 Å². The van der Waals surface area contributed by atoms with Crippen LogP contribution in [0.5, 0.6) is 5.75 Å². The quantitative estimate of drug-likeness (QED) is 0.756. The summed E-state index contributed by atoms with van der Waals surface area (Å²) < 4.78 is 45.6. The van der Waals surface area contributed by atoms with E-state index in [-0.39, 0.29) is 43.6 Å². The maximum atomic E-state index is 13.8. The summed E-state index contributed by atoms with van der Waals surface area (Å²) in [5.41, 5.74) is 0. The van der Waals surface area contributed by atoms with Crippen molar-refractivity contribution >= 4 is 27.5 Å². The summed E-state index contributed by atoms with van der Waals surface area (Å²) in [5.74, 6) is -0.555. The number of halogens is 2. The summed E-state index contributed by atoms with van der Waals surface area (Å²) in [6.07, 6.45) is 0. The second kappa shape index (κ2) is 8.24. The van der Waals surface area contributed by atoms with E-state index in [4.69, 9.17) is 16.3 Å². The summed E-state index contributed by atoms with van der Waals surface area (Å²) in [7, 11) is -3.93. The summed E-state index contributed by atoms with van der Waals surface area (Å²) in [5, 5.41) is 0.506. The van der Waals surface area contributed by atoms with Gasteiger partial charge in [-0.3, -0.25) is 4.79 Å². The van der Waals surface area contributed by atoms with E-state index in [9.17, 15) is 17.6 Å². The lowest BCUT2D eigenvalue weighted by Gasteiger charge is -2.34. The fourth-order valence-electron chi connectivity index (χ4n) is 2.76. The van der Waals surface area contributed by atoms with Gasteiger partial charge in [0.1, 0.15) is 16.5 Å². The third-order valence-electron chi connectivity index (χ3n) is 4.20. The molecule has 2 aromatic rings. The predicted octanol–water partition coefficient (Wildman–Crippen LogP) is 2.39. The first-order chi connectivity index (χ1) is 12.9. The van der Waals surface area contributed by atoms with Crippen molar-refractivity contribution in [3.05, 3.63) is 59.4 Å². The van der Waals surface area contributed by atoms with Crippen molar-refractivity contribution in [2.75, 3.05) is 32.8 Å². The molecule has 1 heterocycles. The molecule has 1 saturated heterocycles. The van der Waals surface area contributed by atoms with E-state index >= 15 is 0 Å². The van der Waals surface area contributed by atoms with Crippen molar-refractivity contribution in [2.24, 2.45) is 0 Å². The van der Waals surface area contributed by atoms with Crippen LogP contribution in [0.3, 0.4) is 0 Å². The number of piperazine rings is 1. The zero-order chi connectivity index (χ0) is 19.4. The van der Waals surface area contributed by atoms with Crippen LogP contribution >= 0.6 is 11.6 Å². The van der Waals surface area contributed by atoms with E-state index < -0.39 is 15.8 Å². The molecule has 0 saturated carbocycles. The first-order valence-electron chi connectivity index (χ1n) is 8.29. The molecule has 0 N–H and O–H groups in total. The number of carbonyl (C=O) groups excluding carboxylic acids is 1. The maximum Gasteiger partial charge on any atom is 0.260 e. The van der Waals surface area contributed by atoms with Crippen LogP contribution in [0, 0.1) is 5.82 Å². The average molecular weight is 413 g/mol. The highest BCUT2D eigenvalue weighted by molar-refractivity contribution is 7.89. The Morgan fingerprint density at radius 2 is 1.78 bits per heavy atom. The molecule has 6 nitrogen and oxygen atoms in total. The number of benzene rings is 2. The van der Waals surface area contributed by atoms with Crippen LogP contribution in [0.4, 0.5) is 4.39 Å². The molecule has 0 radical (unpaired) electrons. The van der Waals surface area contributed by atoms with E-state index in [0.717, 1.165) is 6.07 Å². The van der Waals surface area contributed by atoms with Crippen LogP contribution in [0.2, 0.25) is 5.02 Å². The average Bonchev–Trinajstić information content (AvgIpc) is 2.66. The monoisotopic (exact) mass is 412 g/mol. The molecule has 0 spiro atoms. The van der Waals surface area contributed by atoms with Crippen LogP contribution in [-0.2, 0) is 14.8 Å². The Kier molecular flexibility index (Phi) is 5.98. The third kappa shape index (κ3) is 4.58. The SMILES string of the molecule is O=C(COc1cccc(Cl)c1)N1CCN(S(=O)(=O)c2ccccc2F)CC1. The molecule has 1 fully saturated rings. The lowest BCUT2D eigenvalue weighted by Crippen LogP contribution is -2.51. The van der Waals surface area contributed by atoms with E-state index in [0.29, 0.717) is 10.8 Å². The molecule has 0 atom stereocenters. The van der Waals surface area contributed by atoms with Crippen molar-refractivity contribution in [3.63, 3.8) is 0 Å². The normalized spacial score (nSPS) is 15.6. The van der Waals surface area contributed by atoms with Gasteiger partial charge < -0.3 is 9.64 Å². The highest BCUT2D eigenvalue weighted by Crippen LogP contribution is 2.21. The zero-order valence-corrected chi connectivity index (χ0v) is 15.9. The van der Waals surface area contributed by atoms with Crippen LogP contribution in [-0.4, -0.2) is 56.3 Å². The fraction of sp³-hybridized carbons (Fsp3) is 0.278. The minimum absolute atomic E-state index is 0.0968. The lowest BCUT2D eigenvalue weighted by molar-refractivity contribution is -0.134. The van der Waals surface area contributed by atoms with Crippen molar-refractivity contribution < 1.29 is 22.3 Å². The highest BCUT2D eigenvalue weighted by Gasteiger charge is 2.31. The number of ether oxygens (including phenoxy) is 1. The zero-order valence-electron chi connectivity index (χ0n) is 14.3. The Labute approximate surface area is 162 Å². The molecule has 27 heavy (non-hydrogen) atoms. The summed E-state index contributed by atoms with van der Waals surface area (Å²) in [6, 6.07) is 12.0. The number of nitrogens with zero attached hydrogens (tertiary/aromatic N) is 2. The second-order valence-corrected chi connectivity index (χ2v) is 8.30. The first kappa shape index (κ1) is 19.6. The van der Waals surface area contributed by atoms with Crippen molar-refractivity contribution in [2.45, 2.75) is 4.90 Å². The van der Waals surface area contributed by atoms with Crippen LogP contribution in [0.25, 0.3) is 0 Å². The number of hydrogen-bond acceptors (Lipinski definition) is 4. The number of sulfonamides is 1. The maximum absolute atomic E-state index is 13.8. The largest absolute Gasteiger partial charge is 0.484 e. The Hall–Kier alpha value is -2.16. The summed E-state index contributed by atoms with van der Waals surface area (Å²) in [4.78, 5) is 13.4. The molecule has 1 amide bonds. The topological polar surface area (TPSA) is 66.9 Å². The Bertz CT molecular complexity index is 930. The van der Waals surface area contributed by atoms with Crippen LogP contribution in [0.1, 0.15) is 0 Å². The standard InChI is InChI=1S/C18H18ClFN2O4S/c19-14-4-3-5-15(12-14)26-13-18(23)21-8-10-22(11-9-21)27(24,25)17-7-2-1-6-16(17)20/h1-7,12H,8-11,13H2. The van der Waals surface area contributed by atoms with Gasteiger partial charge in [-0.1, -0.05) is 29.8 Å². The van der Waals surface area contributed by atoms with Crippen LogP contribution in [0.15, 0.2) is 53.4 Å². The van der Waals surface area contributed by atoms with Gasteiger partial charge in [-0.25, -0.2) is 12.8 Å².